The zero-order valence-corrected chi connectivity index (χ0v) is 16.5. The Morgan fingerprint density at radius 2 is 2.04 bits per heavy atom. The monoisotopic (exact) mass is 399 g/mol. The normalized spacial score (nSPS) is 15.4. The van der Waals surface area contributed by atoms with Crippen LogP contribution in [0.25, 0.3) is 0 Å². The van der Waals surface area contributed by atoms with Crippen molar-refractivity contribution in [1.82, 2.24) is 9.21 Å². The molecule has 0 spiro atoms. The van der Waals surface area contributed by atoms with Gasteiger partial charge in [-0.25, -0.2) is 12.8 Å². The van der Waals surface area contributed by atoms with Crippen LogP contribution in [0.4, 0.5) is 10.1 Å². The van der Waals surface area contributed by atoms with Gasteiger partial charge in [0.15, 0.2) is 0 Å². The Bertz CT molecular complexity index is 792. The second kappa shape index (κ2) is 9.29. The van der Waals surface area contributed by atoms with Crippen LogP contribution < -0.4 is 5.32 Å². The summed E-state index contributed by atoms with van der Waals surface area (Å²) in [4.78, 5) is 13.5. The van der Waals surface area contributed by atoms with E-state index >= 15 is 0 Å². The molecule has 1 saturated heterocycles. The third-order valence-electron chi connectivity index (χ3n) is 4.16. The summed E-state index contributed by atoms with van der Waals surface area (Å²) in [5.41, 5.74) is 1.23. The highest BCUT2D eigenvalue weighted by atomic mass is 32.2. The van der Waals surface area contributed by atoms with Gasteiger partial charge in [0.1, 0.15) is 10.7 Å². The second-order valence-corrected chi connectivity index (χ2v) is 8.29. The average molecular weight is 399 g/mol. The van der Waals surface area contributed by atoms with E-state index in [1.165, 1.54) is 16.4 Å². The highest BCUT2D eigenvalue weighted by molar-refractivity contribution is 7.89. The van der Waals surface area contributed by atoms with Gasteiger partial charge in [0.2, 0.25) is 15.9 Å². The van der Waals surface area contributed by atoms with Crippen LogP contribution in [0.3, 0.4) is 0 Å². The van der Waals surface area contributed by atoms with Crippen LogP contribution >= 0.6 is 0 Å². The van der Waals surface area contributed by atoms with Crippen molar-refractivity contribution in [3.8, 4) is 0 Å². The molecule has 9 heteroatoms. The maximum absolute atomic E-state index is 14.2. The van der Waals surface area contributed by atoms with Gasteiger partial charge < -0.3 is 15.0 Å². The molecule has 27 heavy (non-hydrogen) atoms. The number of hydrogen-bond acceptors (Lipinski definition) is 5. The summed E-state index contributed by atoms with van der Waals surface area (Å²) in [6.07, 6.45) is 0. The molecule has 0 unspecified atom stereocenters. The van der Waals surface area contributed by atoms with Gasteiger partial charge in [0.05, 0.1) is 19.8 Å². The first-order valence-corrected chi connectivity index (χ1v) is 10.2. The minimum Gasteiger partial charge on any atom is -0.379 e. The number of amides is 1. The quantitative estimate of drug-likeness (QED) is 0.673. The predicted molar refractivity (Wildman–Crippen MR) is 102 cm³/mol. The summed E-state index contributed by atoms with van der Waals surface area (Å²) in [7, 11) is -3.96. The lowest BCUT2D eigenvalue weighted by atomic mass is 10.3. The molecule has 1 aliphatic heterocycles. The molecular weight excluding hydrogens is 373 g/mol. The number of carbonyl (C=O) groups excluding carboxylic acids is 1. The largest absolute Gasteiger partial charge is 0.379 e. The van der Waals surface area contributed by atoms with E-state index in [0.29, 0.717) is 18.8 Å². The lowest BCUT2D eigenvalue weighted by Gasteiger charge is -2.26. The number of sulfonamides is 1. The Morgan fingerprint density at radius 1 is 1.37 bits per heavy atom. The number of rotatable bonds is 8. The highest BCUT2D eigenvalue weighted by Crippen LogP contribution is 2.23. The molecule has 1 amide bonds. The van der Waals surface area contributed by atoms with Gasteiger partial charge in [0, 0.05) is 31.9 Å². The number of anilines is 1. The zero-order chi connectivity index (χ0) is 20.0. The number of hydrogen-bond donors (Lipinski definition) is 1. The van der Waals surface area contributed by atoms with Crippen LogP contribution in [0, 0.1) is 5.82 Å². The van der Waals surface area contributed by atoms with Crippen molar-refractivity contribution in [1.29, 1.82) is 0 Å². The first-order valence-electron chi connectivity index (χ1n) is 8.79. The molecule has 150 valence electrons. The number of nitrogens with one attached hydrogen (secondary N) is 1. The summed E-state index contributed by atoms with van der Waals surface area (Å²) in [6.45, 7) is 9.40. The van der Waals surface area contributed by atoms with Crippen molar-refractivity contribution >= 4 is 21.6 Å². The Hall–Kier alpha value is -1.97. The van der Waals surface area contributed by atoms with Crippen molar-refractivity contribution in [3.63, 3.8) is 0 Å². The van der Waals surface area contributed by atoms with E-state index in [1.807, 2.05) is 13.8 Å². The van der Waals surface area contributed by atoms with E-state index in [0.717, 1.165) is 11.6 Å². The second-order valence-electron chi connectivity index (χ2n) is 6.38. The molecule has 1 aromatic carbocycles. The number of ether oxygens (including phenoxy) is 1. The van der Waals surface area contributed by atoms with Crippen molar-refractivity contribution in [2.24, 2.45) is 0 Å². The van der Waals surface area contributed by atoms with E-state index < -0.39 is 20.7 Å². The third kappa shape index (κ3) is 5.50. The third-order valence-corrected chi connectivity index (χ3v) is 6.07. The maximum Gasteiger partial charge on any atom is 0.246 e. The van der Waals surface area contributed by atoms with Gasteiger partial charge in [-0.2, -0.15) is 4.31 Å². The minimum atomic E-state index is -3.96. The number of halogens is 1. The summed E-state index contributed by atoms with van der Waals surface area (Å²) in [5.74, 6) is -0.974. The molecule has 1 N–H and O–H groups in total. The van der Waals surface area contributed by atoms with Crippen molar-refractivity contribution in [2.45, 2.75) is 18.7 Å². The van der Waals surface area contributed by atoms with Crippen LogP contribution in [0.1, 0.15) is 13.8 Å². The number of likely N-dealkylation sites (N-methyl/N-ethyl adjacent to an activating group) is 1. The Kier molecular flexibility index (Phi) is 7.34. The van der Waals surface area contributed by atoms with Gasteiger partial charge in [0.25, 0.3) is 0 Å². The molecule has 0 bridgehead atoms. The fraction of sp³-hybridized carbons (Fsp3) is 0.500. The Balaban J connectivity index is 2.12. The van der Waals surface area contributed by atoms with Gasteiger partial charge >= 0.3 is 0 Å². The van der Waals surface area contributed by atoms with Crippen molar-refractivity contribution < 1.29 is 22.3 Å². The number of carbonyl (C=O) groups is 1. The maximum atomic E-state index is 14.2. The minimum absolute atomic E-state index is 0.0240. The molecule has 1 aromatic rings. The van der Waals surface area contributed by atoms with Crippen molar-refractivity contribution in [2.75, 3.05) is 51.3 Å². The lowest BCUT2D eigenvalue weighted by molar-refractivity contribution is -0.128. The van der Waals surface area contributed by atoms with E-state index in [9.17, 15) is 17.6 Å². The SMILES string of the molecule is C=C(C)CN(CC)C(=O)CNc1ccc(F)c(S(=O)(=O)N2CCOCC2)c1. The van der Waals surface area contributed by atoms with Crippen LogP contribution in [-0.2, 0) is 19.6 Å². The molecule has 1 fully saturated rings. The highest BCUT2D eigenvalue weighted by Gasteiger charge is 2.29. The van der Waals surface area contributed by atoms with Gasteiger partial charge in [-0.3, -0.25) is 4.79 Å². The van der Waals surface area contributed by atoms with Crippen LogP contribution in [0.5, 0.6) is 0 Å². The van der Waals surface area contributed by atoms with E-state index in [1.54, 1.807) is 4.90 Å². The van der Waals surface area contributed by atoms with Gasteiger partial charge in [-0.15, -0.1) is 0 Å². The lowest BCUT2D eigenvalue weighted by Crippen LogP contribution is -2.41. The van der Waals surface area contributed by atoms with E-state index in [-0.39, 0.29) is 38.8 Å². The molecule has 7 nitrogen and oxygen atoms in total. The fourth-order valence-corrected chi connectivity index (χ4v) is 4.23. The van der Waals surface area contributed by atoms with Gasteiger partial charge in [-0.1, -0.05) is 12.2 Å². The first-order chi connectivity index (χ1) is 12.8. The summed E-state index contributed by atoms with van der Waals surface area (Å²) in [6, 6.07) is 3.73. The number of morpholine rings is 1. The topological polar surface area (TPSA) is 79.0 Å². The van der Waals surface area contributed by atoms with Crippen molar-refractivity contribution in [3.05, 3.63) is 36.2 Å². The molecule has 1 aliphatic rings. The summed E-state index contributed by atoms with van der Waals surface area (Å²) < 4.78 is 45.9. The van der Waals surface area contributed by atoms with E-state index in [2.05, 4.69) is 11.9 Å². The number of nitrogens with zero attached hydrogens (tertiary/aromatic N) is 2. The molecule has 0 saturated carbocycles. The molecular formula is C18H26FN3O4S. The van der Waals surface area contributed by atoms with Crippen LogP contribution in [-0.4, -0.2) is 69.5 Å². The Labute approximate surface area is 159 Å². The smallest absolute Gasteiger partial charge is 0.246 e. The molecule has 0 aromatic heterocycles. The standard InChI is InChI=1S/C18H26FN3O4S/c1-4-21(13-14(2)3)18(23)12-20-15-5-6-16(19)17(11-15)27(24,25)22-7-9-26-10-8-22/h5-6,11,20H,2,4,7-10,12-13H2,1,3H3. The average Bonchev–Trinajstić information content (AvgIpc) is 2.65. The number of benzene rings is 1. The van der Waals surface area contributed by atoms with Crippen LogP contribution in [0.2, 0.25) is 0 Å². The zero-order valence-electron chi connectivity index (χ0n) is 15.7. The Morgan fingerprint density at radius 3 is 2.63 bits per heavy atom. The fourth-order valence-electron chi connectivity index (χ4n) is 2.73. The molecule has 1 heterocycles. The molecule has 0 radical (unpaired) electrons. The molecule has 0 aliphatic carbocycles. The first kappa shape index (κ1) is 21.3. The van der Waals surface area contributed by atoms with Crippen LogP contribution in [0.15, 0.2) is 35.2 Å². The van der Waals surface area contributed by atoms with E-state index in [4.69, 9.17) is 4.74 Å². The molecule has 0 atom stereocenters. The summed E-state index contributed by atoms with van der Waals surface area (Å²) in [5, 5.41) is 2.88. The van der Waals surface area contributed by atoms with Gasteiger partial charge in [-0.05, 0) is 32.0 Å². The molecule has 2 rings (SSSR count). The summed E-state index contributed by atoms with van der Waals surface area (Å²) >= 11 is 0. The predicted octanol–water partition coefficient (Wildman–Crippen LogP) is 1.68.